The van der Waals surface area contributed by atoms with E-state index in [4.69, 9.17) is 4.74 Å². The van der Waals surface area contributed by atoms with Gasteiger partial charge in [0.25, 0.3) is 0 Å². The Kier molecular flexibility index (Phi) is 4.20. The van der Waals surface area contributed by atoms with Crippen LogP contribution in [0.15, 0.2) is 6.07 Å². The quantitative estimate of drug-likeness (QED) is 0.801. The van der Waals surface area contributed by atoms with Crippen LogP contribution in [0.2, 0.25) is 0 Å². The highest BCUT2D eigenvalue weighted by molar-refractivity contribution is 9.09. The Morgan fingerprint density at radius 1 is 1.53 bits per heavy atom. The monoisotopic (exact) mass is 299 g/mol. The van der Waals surface area contributed by atoms with Crippen LogP contribution in [0, 0.1) is 6.92 Å². The Bertz CT molecular complexity index is 386. The van der Waals surface area contributed by atoms with E-state index < -0.39 is 0 Å². The fraction of sp³-hybridized carbons (Fsp3) is 0.667. The molecule has 1 aliphatic rings. The largest absolute Gasteiger partial charge is 0.478 e. The summed E-state index contributed by atoms with van der Waals surface area (Å²) in [5.74, 6) is 1.48. The molecule has 0 N–H and O–H groups in total. The van der Waals surface area contributed by atoms with Crippen LogP contribution in [0.5, 0.6) is 5.88 Å². The Balaban J connectivity index is 2.24. The van der Waals surface area contributed by atoms with Crippen LogP contribution in [0.4, 0.5) is 5.95 Å². The number of halogens is 1. The maximum absolute atomic E-state index is 5.47. The lowest BCUT2D eigenvalue weighted by Crippen LogP contribution is -2.32. The maximum atomic E-state index is 5.47. The van der Waals surface area contributed by atoms with Crippen molar-refractivity contribution in [2.45, 2.75) is 32.7 Å². The molecule has 0 amide bonds. The molecule has 1 aromatic rings. The summed E-state index contributed by atoms with van der Waals surface area (Å²) in [4.78, 5) is 11.3. The minimum atomic E-state index is 0.506. The van der Waals surface area contributed by atoms with Gasteiger partial charge in [-0.25, -0.2) is 4.98 Å². The molecule has 94 valence electrons. The van der Waals surface area contributed by atoms with Crippen molar-refractivity contribution in [1.82, 2.24) is 9.97 Å². The molecule has 1 fully saturated rings. The van der Waals surface area contributed by atoms with Gasteiger partial charge in [0.1, 0.15) is 0 Å². The zero-order valence-corrected chi connectivity index (χ0v) is 11.9. The standard InChI is InChI=1S/C12H18BrN3O/c1-3-17-11-7-9(2)14-12(15-11)16-6-4-5-10(16)8-13/h7,10H,3-6,8H2,1-2H3. The second kappa shape index (κ2) is 5.67. The average molecular weight is 300 g/mol. The first-order valence-electron chi connectivity index (χ1n) is 6.05. The smallest absolute Gasteiger partial charge is 0.229 e. The normalized spacial score (nSPS) is 19.7. The number of hydrogen-bond acceptors (Lipinski definition) is 4. The van der Waals surface area contributed by atoms with Gasteiger partial charge in [0.05, 0.1) is 6.61 Å². The molecular weight excluding hydrogens is 282 g/mol. The fourth-order valence-corrected chi connectivity index (χ4v) is 2.81. The van der Waals surface area contributed by atoms with Gasteiger partial charge >= 0.3 is 0 Å². The minimum absolute atomic E-state index is 0.506. The van der Waals surface area contributed by atoms with Crippen molar-refractivity contribution in [3.8, 4) is 5.88 Å². The van der Waals surface area contributed by atoms with Crippen molar-refractivity contribution in [3.05, 3.63) is 11.8 Å². The molecule has 1 unspecified atom stereocenters. The topological polar surface area (TPSA) is 38.2 Å². The Morgan fingerprint density at radius 2 is 2.35 bits per heavy atom. The predicted octanol–water partition coefficient (Wildman–Crippen LogP) is 2.55. The number of hydrogen-bond donors (Lipinski definition) is 0. The molecule has 5 heteroatoms. The summed E-state index contributed by atoms with van der Waals surface area (Å²) < 4.78 is 5.47. The summed E-state index contributed by atoms with van der Waals surface area (Å²) in [6.07, 6.45) is 2.41. The molecule has 2 heterocycles. The number of nitrogens with zero attached hydrogens (tertiary/aromatic N) is 3. The molecule has 17 heavy (non-hydrogen) atoms. The van der Waals surface area contributed by atoms with Crippen molar-refractivity contribution in [2.24, 2.45) is 0 Å². The second-order valence-corrected chi connectivity index (χ2v) is 4.87. The molecule has 0 aromatic carbocycles. The number of ether oxygens (including phenoxy) is 1. The SMILES string of the molecule is CCOc1cc(C)nc(N2CCCC2CBr)n1. The van der Waals surface area contributed by atoms with Gasteiger partial charge in [0.15, 0.2) is 0 Å². The molecule has 0 radical (unpaired) electrons. The first kappa shape index (κ1) is 12.6. The van der Waals surface area contributed by atoms with Crippen molar-refractivity contribution in [3.63, 3.8) is 0 Å². The van der Waals surface area contributed by atoms with E-state index >= 15 is 0 Å². The molecule has 1 aliphatic heterocycles. The van der Waals surface area contributed by atoms with Crippen molar-refractivity contribution in [2.75, 3.05) is 23.4 Å². The van der Waals surface area contributed by atoms with Crippen LogP contribution in [-0.2, 0) is 0 Å². The third-order valence-corrected chi connectivity index (χ3v) is 3.67. The Morgan fingerprint density at radius 3 is 3.06 bits per heavy atom. The van der Waals surface area contributed by atoms with Crippen molar-refractivity contribution >= 4 is 21.9 Å². The van der Waals surface area contributed by atoms with E-state index in [0.717, 1.165) is 23.5 Å². The van der Waals surface area contributed by atoms with E-state index in [0.29, 0.717) is 18.5 Å². The number of anilines is 1. The Labute approximate surface area is 111 Å². The number of aryl methyl sites for hydroxylation is 1. The third-order valence-electron chi connectivity index (χ3n) is 2.92. The van der Waals surface area contributed by atoms with Gasteiger partial charge in [-0.1, -0.05) is 15.9 Å². The van der Waals surface area contributed by atoms with Gasteiger partial charge in [0.2, 0.25) is 11.8 Å². The summed E-state index contributed by atoms with van der Waals surface area (Å²) in [5.41, 5.74) is 0.957. The van der Waals surface area contributed by atoms with Gasteiger partial charge in [0, 0.05) is 29.7 Å². The lowest BCUT2D eigenvalue weighted by Gasteiger charge is -2.23. The van der Waals surface area contributed by atoms with Crippen LogP contribution in [0.1, 0.15) is 25.5 Å². The Hall–Kier alpha value is -0.840. The molecule has 0 bridgehead atoms. The first-order valence-corrected chi connectivity index (χ1v) is 7.17. The molecule has 4 nitrogen and oxygen atoms in total. The zero-order chi connectivity index (χ0) is 12.3. The number of aromatic nitrogens is 2. The van der Waals surface area contributed by atoms with Crippen LogP contribution in [0.25, 0.3) is 0 Å². The summed E-state index contributed by atoms with van der Waals surface area (Å²) in [5, 5.41) is 0.967. The van der Waals surface area contributed by atoms with Crippen molar-refractivity contribution < 1.29 is 4.74 Å². The maximum Gasteiger partial charge on any atom is 0.229 e. The van der Waals surface area contributed by atoms with Gasteiger partial charge in [-0.3, -0.25) is 0 Å². The molecule has 2 rings (SSSR count). The number of rotatable bonds is 4. The molecule has 1 aromatic heterocycles. The van der Waals surface area contributed by atoms with Crippen LogP contribution >= 0.6 is 15.9 Å². The molecule has 0 aliphatic carbocycles. The predicted molar refractivity (Wildman–Crippen MR) is 72.1 cm³/mol. The zero-order valence-electron chi connectivity index (χ0n) is 10.3. The summed E-state index contributed by atoms with van der Waals surface area (Å²) >= 11 is 3.55. The van der Waals surface area contributed by atoms with E-state index in [1.54, 1.807) is 0 Å². The van der Waals surface area contributed by atoms with Gasteiger partial charge in [-0.15, -0.1) is 0 Å². The van der Waals surface area contributed by atoms with Gasteiger partial charge < -0.3 is 9.64 Å². The van der Waals surface area contributed by atoms with E-state index in [1.807, 2.05) is 19.9 Å². The van der Waals surface area contributed by atoms with Crippen molar-refractivity contribution in [1.29, 1.82) is 0 Å². The summed E-state index contributed by atoms with van der Waals surface area (Å²) in [6, 6.07) is 2.39. The average Bonchev–Trinajstić information content (AvgIpc) is 2.76. The molecule has 0 saturated carbocycles. The van der Waals surface area contributed by atoms with Crippen LogP contribution in [-0.4, -0.2) is 34.5 Å². The van der Waals surface area contributed by atoms with Gasteiger partial charge in [-0.05, 0) is 26.7 Å². The third kappa shape index (κ3) is 2.89. The minimum Gasteiger partial charge on any atom is -0.478 e. The van der Waals surface area contributed by atoms with E-state index in [2.05, 4.69) is 30.8 Å². The molecule has 0 spiro atoms. The van der Waals surface area contributed by atoms with Gasteiger partial charge in [-0.2, -0.15) is 4.98 Å². The number of alkyl halides is 1. The highest BCUT2D eigenvalue weighted by atomic mass is 79.9. The van der Waals surface area contributed by atoms with E-state index in [1.165, 1.54) is 12.8 Å². The molecular formula is C12H18BrN3O. The lowest BCUT2D eigenvalue weighted by atomic mass is 10.2. The fourth-order valence-electron chi connectivity index (χ4n) is 2.13. The van der Waals surface area contributed by atoms with E-state index in [9.17, 15) is 0 Å². The lowest BCUT2D eigenvalue weighted by molar-refractivity contribution is 0.326. The summed E-state index contributed by atoms with van der Waals surface area (Å²) in [7, 11) is 0. The molecule has 1 atom stereocenters. The summed E-state index contributed by atoms with van der Waals surface area (Å²) in [6.45, 7) is 5.62. The highest BCUT2D eigenvalue weighted by Crippen LogP contribution is 2.25. The van der Waals surface area contributed by atoms with E-state index in [-0.39, 0.29) is 0 Å². The first-order chi connectivity index (χ1) is 8.24. The highest BCUT2D eigenvalue weighted by Gasteiger charge is 2.26. The second-order valence-electron chi connectivity index (χ2n) is 4.22. The van der Waals surface area contributed by atoms with Crippen LogP contribution < -0.4 is 9.64 Å². The molecule has 1 saturated heterocycles. The van der Waals surface area contributed by atoms with Crippen LogP contribution in [0.3, 0.4) is 0 Å².